The quantitative estimate of drug-likeness (QED) is 0.0280. The minimum absolute atomic E-state index is 0.0454. The molecule has 0 heterocycles. The Morgan fingerprint density at radius 1 is 0.600 bits per heavy atom. The number of esters is 2. The molecule has 1 unspecified atom stereocenters. The van der Waals surface area contributed by atoms with Crippen LogP contribution in [-0.2, 0) is 32.7 Å². The van der Waals surface area contributed by atoms with Gasteiger partial charge in [-0.05, 0) is 51.4 Å². The van der Waals surface area contributed by atoms with E-state index in [0.717, 1.165) is 44.9 Å². The zero-order valence-corrected chi connectivity index (χ0v) is 32.5. The number of hydrogen-bond acceptors (Lipinski definition) is 8. The monoisotopic (exact) mass is 725 g/mol. The Morgan fingerprint density at radius 3 is 1.60 bits per heavy atom. The van der Waals surface area contributed by atoms with Crippen LogP contribution in [0.25, 0.3) is 0 Å². The van der Waals surface area contributed by atoms with Crippen LogP contribution in [0.3, 0.4) is 0 Å². The smallest absolute Gasteiger partial charge is 0.462 e. The maximum atomic E-state index is 12.4. The second-order valence-electron chi connectivity index (χ2n) is 12.8. The van der Waals surface area contributed by atoms with E-state index in [9.17, 15) is 19.0 Å². The van der Waals surface area contributed by atoms with Gasteiger partial charge in [0.05, 0.1) is 13.2 Å². The summed E-state index contributed by atoms with van der Waals surface area (Å²) in [4.78, 5) is 34.6. The van der Waals surface area contributed by atoms with Gasteiger partial charge >= 0.3 is 19.8 Å². The lowest BCUT2D eigenvalue weighted by molar-refractivity contribution is -0.161. The molecule has 3 N–H and O–H groups in total. The largest absolute Gasteiger partial charge is 0.472 e. The Labute approximate surface area is 305 Å². The van der Waals surface area contributed by atoms with Crippen molar-refractivity contribution >= 4 is 19.8 Å². The highest BCUT2D eigenvalue weighted by molar-refractivity contribution is 7.47. The van der Waals surface area contributed by atoms with Crippen molar-refractivity contribution < 1.29 is 37.6 Å². The molecule has 0 amide bonds. The molecule has 50 heavy (non-hydrogen) atoms. The van der Waals surface area contributed by atoms with Crippen LogP contribution in [0.15, 0.2) is 48.6 Å². The highest BCUT2D eigenvalue weighted by Gasteiger charge is 2.25. The van der Waals surface area contributed by atoms with Gasteiger partial charge in [0.1, 0.15) is 6.61 Å². The molecule has 0 saturated heterocycles. The lowest BCUT2D eigenvalue weighted by Gasteiger charge is -2.19. The second kappa shape index (κ2) is 36.8. The van der Waals surface area contributed by atoms with Gasteiger partial charge in [0.25, 0.3) is 0 Å². The molecule has 0 radical (unpaired) electrons. The molecule has 0 saturated carbocycles. The molecule has 10 heteroatoms. The fourth-order valence-corrected chi connectivity index (χ4v) is 5.80. The van der Waals surface area contributed by atoms with Crippen molar-refractivity contribution in [2.75, 3.05) is 26.4 Å². The van der Waals surface area contributed by atoms with Gasteiger partial charge in [0, 0.05) is 19.4 Å². The first kappa shape index (κ1) is 48.0. The Bertz CT molecular complexity index is 965. The van der Waals surface area contributed by atoms with Gasteiger partial charge < -0.3 is 20.1 Å². The maximum absolute atomic E-state index is 12.4. The Balaban J connectivity index is 4.22. The summed E-state index contributed by atoms with van der Waals surface area (Å²) in [7, 11) is -4.38. The van der Waals surface area contributed by atoms with Gasteiger partial charge in [-0.15, -0.1) is 0 Å². The van der Waals surface area contributed by atoms with E-state index in [-0.39, 0.29) is 32.6 Å². The first-order chi connectivity index (χ1) is 24.3. The summed E-state index contributed by atoms with van der Waals surface area (Å²) in [6.45, 7) is 3.61. The summed E-state index contributed by atoms with van der Waals surface area (Å²) in [5, 5.41) is 0. The Morgan fingerprint density at radius 2 is 1.06 bits per heavy atom. The molecule has 0 aliphatic heterocycles. The number of phosphoric ester groups is 1. The van der Waals surface area contributed by atoms with Crippen LogP contribution in [-0.4, -0.2) is 49.3 Å². The minimum Gasteiger partial charge on any atom is -0.462 e. The zero-order valence-electron chi connectivity index (χ0n) is 31.6. The van der Waals surface area contributed by atoms with Crippen molar-refractivity contribution in [1.29, 1.82) is 0 Å². The normalized spacial score (nSPS) is 13.9. The molecule has 0 fully saturated rings. The molecule has 0 aromatic carbocycles. The van der Waals surface area contributed by atoms with Gasteiger partial charge in [-0.25, -0.2) is 4.57 Å². The predicted molar refractivity (Wildman–Crippen MR) is 206 cm³/mol. The van der Waals surface area contributed by atoms with E-state index in [1.807, 2.05) is 6.08 Å². The van der Waals surface area contributed by atoms with Crippen LogP contribution in [0.1, 0.15) is 162 Å². The number of rotatable bonds is 36. The second-order valence-corrected chi connectivity index (χ2v) is 14.3. The fraction of sp³-hybridized carbons (Fsp3) is 0.750. The highest BCUT2D eigenvalue weighted by Crippen LogP contribution is 2.43. The van der Waals surface area contributed by atoms with E-state index >= 15 is 0 Å². The van der Waals surface area contributed by atoms with E-state index in [1.165, 1.54) is 77.0 Å². The molecule has 0 aliphatic rings. The molecular weight excluding hydrogens is 653 g/mol. The van der Waals surface area contributed by atoms with Crippen LogP contribution in [0.4, 0.5) is 0 Å². The number of hydrogen-bond donors (Lipinski definition) is 2. The third-order valence-electron chi connectivity index (χ3n) is 7.97. The van der Waals surface area contributed by atoms with E-state index in [4.69, 9.17) is 24.3 Å². The standard InChI is InChI=1S/C40H72NO8P/c1-3-5-7-9-11-13-14-15-16-17-18-19-20-21-22-23-24-25-27-28-30-32-39(42)46-36-38(37-48-50(44,45)47-35-34-41)49-40(43)33-31-29-26-12-10-8-6-4-2/h16-17,19-20,22-23,25,27,38H,3-15,18,21,24,26,28-37,41H2,1-2H3,(H,44,45)/b17-16+,20-19+,23-22+,27-25+/t38-/m0/s1. The summed E-state index contributed by atoms with van der Waals surface area (Å²) in [5.41, 5.74) is 5.32. The molecule has 0 aromatic rings. The van der Waals surface area contributed by atoms with Crippen molar-refractivity contribution in [3.8, 4) is 0 Å². The molecule has 0 aromatic heterocycles. The van der Waals surface area contributed by atoms with Crippen molar-refractivity contribution in [1.82, 2.24) is 0 Å². The van der Waals surface area contributed by atoms with E-state index < -0.39 is 32.5 Å². The predicted octanol–water partition coefficient (Wildman–Crippen LogP) is 10.8. The summed E-state index contributed by atoms with van der Waals surface area (Å²) >= 11 is 0. The molecule has 0 rings (SSSR count). The number of phosphoric acid groups is 1. The van der Waals surface area contributed by atoms with Crippen LogP contribution in [0.2, 0.25) is 0 Å². The zero-order chi connectivity index (χ0) is 36.8. The van der Waals surface area contributed by atoms with Gasteiger partial charge in [-0.2, -0.15) is 0 Å². The SMILES string of the molecule is CCCCCCCCC/C=C/C/C=C/C/C=C/C/C=C/CCCC(=O)OC[C@@H](COP(=O)(O)OCCN)OC(=O)CCCCCCCCCC. The minimum atomic E-state index is -4.38. The van der Waals surface area contributed by atoms with Gasteiger partial charge in [-0.3, -0.25) is 18.6 Å². The molecule has 0 bridgehead atoms. The number of ether oxygens (including phenoxy) is 2. The number of unbranched alkanes of at least 4 members (excludes halogenated alkanes) is 15. The molecule has 290 valence electrons. The summed E-state index contributed by atoms with van der Waals surface area (Å²) < 4.78 is 32.5. The van der Waals surface area contributed by atoms with Gasteiger partial charge in [0.2, 0.25) is 0 Å². The fourth-order valence-electron chi connectivity index (χ4n) is 5.04. The van der Waals surface area contributed by atoms with Crippen molar-refractivity contribution in [2.24, 2.45) is 5.73 Å². The lowest BCUT2D eigenvalue weighted by atomic mass is 10.1. The molecule has 9 nitrogen and oxygen atoms in total. The number of carbonyl (C=O) groups excluding carboxylic acids is 2. The summed E-state index contributed by atoms with van der Waals surface area (Å²) in [6, 6.07) is 0. The lowest BCUT2D eigenvalue weighted by Crippen LogP contribution is -2.29. The van der Waals surface area contributed by atoms with Crippen molar-refractivity contribution in [3.05, 3.63) is 48.6 Å². The van der Waals surface area contributed by atoms with Crippen LogP contribution in [0, 0.1) is 0 Å². The molecule has 0 spiro atoms. The maximum Gasteiger partial charge on any atom is 0.472 e. The van der Waals surface area contributed by atoms with Gasteiger partial charge in [-0.1, -0.05) is 146 Å². The van der Waals surface area contributed by atoms with Crippen LogP contribution in [0.5, 0.6) is 0 Å². The number of carbonyl (C=O) groups is 2. The first-order valence-corrected chi connectivity index (χ1v) is 21.1. The average Bonchev–Trinajstić information content (AvgIpc) is 3.10. The average molecular weight is 726 g/mol. The van der Waals surface area contributed by atoms with Crippen molar-refractivity contribution in [3.63, 3.8) is 0 Å². The summed E-state index contributed by atoms with van der Waals surface area (Å²) in [6.07, 6.45) is 40.3. The molecule has 2 atom stereocenters. The third kappa shape index (κ3) is 35.8. The van der Waals surface area contributed by atoms with E-state index in [1.54, 1.807) is 0 Å². The summed E-state index contributed by atoms with van der Waals surface area (Å²) in [5.74, 6) is -0.901. The Kier molecular flexibility index (Phi) is 35.3. The number of nitrogens with two attached hydrogens (primary N) is 1. The van der Waals surface area contributed by atoms with E-state index in [2.05, 4.69) is 56.4 Å². The van der Waals surface area contributed by atoms with Gasteiger partial charge in [0.15, 0.2) is 6.10 Å². The number of allylic oxidation sites excluding steroid dienone is 8. The van der Waals surface area contributed by atoms with Crippen LogP contribution >= 0.6 is 7.82 Å². The Hall–Kier alpha value is -2.03. The highest BCUT2D eigenvalue weighted by atomic mass is 31.2. The van der Waals surface area contributed by atoms with Crippen molar-refractivity contribution in [2.45, 2.75) is 168 Å². The molecular formula is C40H72NO8P. The third-order valence-corrected chi connectivity index (χ3v) is 8.95. The molecule has 0 aliphatic carbocycles. The topological polar surface area (TPSA) is 134 Å². The van der Waals surface area contributed by atoms with Crippen LogP contribution < -0.4 is 5.73 Å². The first-order valence-electron chi connectivity index (χ1n) is 19.6. The van der Waals surface area contributed by atoms with E-state index in [0.29, 0.717) is 12.8 Å².